The number of ketones is 1. The lowest BCUT2D eigenvalue weighted by molar-refractivity contribution is -0.112. The Bertz CT molecular complexity index is 294. The average molecular weight is 206 g/mol. The number of hydrogen-bond acceptors (Lipinski definition) is 1. The van der Waals surface area contributed by atoms with Crippen LogP contribution in [0.15, 0.2) is 23.8 Å². The molecule has 0 atom stereocenters. The quantitative estimate of drug-likeness (QED) is 0.501. The number of unbranched alkanes of at least 4 members (excludes halogenated alkanes) is 2. The third kappa shape index (κ3) is 3.05. The standard InChI is InChI=1S/C14H22O/c1-5-6-7-8-12-9-13(15)11(2)10-14(12,3)4/h9H,2,5-8,10H2,1,3-4H3. The summed E-state index contributed by atoms with van der Waals surface area (Å²) in [5.74, 6) is 0.140. The number of hydrogen-bond donors (Lipinski definition) is 0. The molecule has 0 heterocycles. The minimum absolute atomic E-state index is 0.138. The van der Waals surface area contributed by atoms with Crippen molar-refractivity contribution in [3.63, 3.8) is 0 Å². The first-order valence-electron chi connectivity index (χ1n) is 5.90. The minimum atomic E-state index is 0.138. The van der Waals surface area contributed by atoms with Gasteiger partial charge in [0.2, 0.25) is 0 Å². The smallest absolute Gasteiger partial charge is 0.181 e. The van der Waals surface area contributed by atoms with Gasteiger partial charge in [0.05, 0.1) is 0 Å². The summed E-state index contributed by atoms with van der Waals surface area (Å²) in [6.45, 7) is 10.5. The van der Waals surface area contributed by atoms with Gasteiger partial charge in [-0.05, 0) is 36.3 Å². The zero-order valence-corrected chi connectivity index (χ0v) is 10.2. The molecule has 1 nitrogen and oxygen atoms in total. The first kappa shape index (κ1) is 12.2. The lowest BCUT2D eigenvalue weighted by atomic mass is 9.72. The molecule has 0 spiro atoms. The molecule has 0 saturated heterocycles. The monoisotopic (exact) mass is 206 g/mol. The summed E-state index contributed by atoms with van der Waals surface area (Å²) in [4.78, 5) is 11.5. The Morgan fingerprint density at radius 2 is 2.07 bits per heavy atom. The predicted molar refractivity (Wildman–Crippen MR) is 64.8 cm³/mol. The molecule has 1 rings (SSSR count). The van der Waals surface area contributed by atoms with Crippen molar-refractivity contribution >= 4 is 5.78 Å². The molecule has 1 heteroatoms. The highest BCUT2D eigenvalue weighted by atomic mass is 16.1. The minimum Gasteiger partial charge on any atom is -0.290 e. The first-order valence-corrected chi connectivity index (χ1v) is 5.90. The number of rotatable bonds is 4. The Morgan fingerprint density at radius 3 is 2.67 bits per heavy atom. The van der Waals surface area contributed by atoms with Crippen LogP contribution in [-0.4, -0.2) is 5.78 Å². The fourth-order valence-electron chi connectivity index (χ4n) is 2.17. The number of allylic oxidation sites excluding steroid dienone is 3. The van der Waals surface area contributed by atoms with Crippen LogP contribution in [0.2, 0.25) is 0 Å². The van der Waals surface area contributed by atoms with Crippen LogP contribution in [0.3, 0.4) is 0 Å². The van der Waals surface area contributed by atoms with Crippen LogP contribution in [0.1, 0.15) is 52.9 Å². The summed E-state index contributed by atoms with van der Waals surface area (Å²) in [6.07, 6.45) is 7.40. The summed E-state index contributed by atoms with van der Waals surface area (Å²) < 4.78 is 0. The second kappa shape index (κ2) is 4.78. The lowest BCUT2D eigenvalue weighted by Crippen LogP contribution is -2.23. The molecule has 1 aliphatic carbocycles. The molecule has 0 aromatic heterocycles. The van der Waals surface area contributed by atoms with E-state index in [1.165, 1.54) is 24.8 Å². The van der Waals surface area contributed by atoms with E-state index in [0.29, 0.717) is 0 Å². The molecule has 0 radical (unpaired) electrons. The molecule has 0 aromatic rings. The van der Waals surface area contributed by atoms with E-state index in [1.54, 1.807) is 0 Å². The van der Waals surface area contributed by atoms with Gasteiger partial charge < -0.3 is 0 Å². The molecule has 84 valence electrons. The molecule has 0 N–H and O–H groups in total. The van der Waals surface area contributed by atoms with E-state index in [-0.39, 0.29) is 11.2 Å². The average Bonchev–Trinajstić information content (AvgIpc) is 2.13. The molecular weight excluding hydrogens is 184 g/mol. The molecule has 0 bridgehead atoms. The van der Waals surface area contributed by atoms with Crippen LogP contribution < -0.4 is 0 Å². The number of carbonyl (C=O) groups is 1. The van der Waals surface area contributed by atoms with E-state index in [0.717, 1.165) is 18.4 Å². The van der Waals surface area contributed by atoms with Crippen molar-refractivity contribution in [3.8, 4) is 0 Å². The fraction of sp³-hybridized carbons (Fsp3) is 0.643. The molecule has 0 saturated carbocycles. The zero-order chi connectivity index (χ0) is 11.5. The highest BCUT2D eigenvalue weighted by Gasteiger charge is 2.30. The van der Waals surface area contributed by atoms with Gasteiger partial charge in [0.25, 0.3) is 0 Å². The van der Waals surface area contributed by atoms with Crippen LogP contribution in [0.4, 0.5) is 0 Å². The van der Waals surface area contributed by atoms with E-state index < -0.39 is 0 Å². The van der Waals surface area contributed by atoms with Gasteiger partial charge in [-0.3, -0.25) is 4.79 Å². The Hall–Kier alpha value is -0.850. The Kier molecular flexibility index (Phi) is 3.90. The second-order valence-electron chi connectivity index (χ2n) is 5.16. The van der Waals surface area contributed by atoms with Gasteiger partial charge >= 0.3 is 0 Å². The van der Waals surface area contributed by atoms with Crippen LogP contribution in [0.25, 0.3) is 0 Å². The third-order valence-electron chi connectivity index (χ3n) is 3.23. The zero-order valence-electron chi connectivity index (χ0n) is 10.2. The van der Waals surface area contributed by atoms with Gasteiger partial charge in [-0.15, -0.1) is 0 Å². The number of carbonyl (C=O) groups excluding carboxylic acids is 1. The summed E-state index contributed by atoms with van der Waals surface area (Å²) in [7, 11) is 0. The first-order chi connectivity index (χ1) is 6.97. The van der Waals surface area contributed by atoms with E-state index in [1.807, 2.05) is 6.08 Å². The summed E-state index contributed by atoms with van der Waals surface area (Å²) in [5.41, 5.74) is 2.21. The maximum absolute atomic E-state index is 11.5. The van der Waals surface area contributed by atoms with Crippen molar-refractivity contribution in [2.75, 3.05) is 0 Å². The molecule has 15 heavy (non-hydrogen) atoms. The Morgan fingerprint density at radius 1 is 1.40 bits per heavy atom. The van der Waals surface area contributed by atoms with Crippen LogP contribution in [0, 0.1) is 5.41 Å². The molecular formula is C14H22O. The summed E-state index contributed by atoms with van der Waals surface area (Å²) >= 11 is 0. The molecule has 0 aliphatic heterocycles. The SMILES string of the molecule is C=C1CC(C)(C)C(CCCCC)=CC1=O. The van der Waals surface area contributed by atoms with Gasteiger partial charge in [-0.2, -0.15) is 0 Å². The molecule has 0 unspecified atom stereocenters. The van der Waals surface area contributed by atoms with E-state index >= 15 is 0 Å². The van der Waals surface area contributed by atoms with Crippen molar-refractivity contribution < 1.29 is 4.79 Å². The van der Waals surface area contributed by atoms with Crippen molar-refractivity contribution in [1.29, 1.82) is 0 Å². The molecule has 0 aromatic carbocycles. The fourth-order valence-corrected chi connectivity index (χ4v) is 2.17. The van der Waals surface area contributed by atoms with E-state index in [4.69, 9.17) is 0 Å². The maximum Gasteiger partial charge on any atom is 0.181 e. The van der Waals surface area contributed by atoms with Gasteiger partial charge in [0, 0.05) is 0 Å². The maximum atomic E-state index is 11.5. The van der Waals surface area contributed by atoms with Gasteiger partial charge in [0.1, 0.15) is 0 Å². The van der Waals surface area contributed by atoms with Gasteiger partial charge in [0.15, 0.2) is 5.78 Å². The largest absolute Gasteiger partial charge is 0.290 e. The van der Waals surface area contributed by atoms with Crippen molar-refractivity contribution in [1.82, 2.24) is 0 Å². The van der Waals surface area contributed by atoms with Crippen LogP contribution in [-0.2, 0) is 4.79 Å². The third-order valence-corrected chi connectivity index (χ3v) is 3.23. The van der Waals surface area contributed by atoms with E-state index in [9.17, 15) is 4.79 Å². The van der Waals surface area contributed by atoms with Crippen LogP contribution in [0.5, 0.6) is 0 Å². The van der Waals surface area contributed by atoms with Gasteiger partial charge in [-0.1, -0.05) is 45.8 Å². The summed E-state index contributed by atoms with van der Waals surface area (Å²) in [5, 5.41) is 0. The van der Waals surface area contributed by atoms with Gasteiger partial charge in [-0.25, -0.2) is 0 Å². The lowest BCUT2D eigenvalue weighted by Gasteiger charge is -2.32. The second-order valence-corrected chi connectivity index (χ2v) is 5.16. The molecule has 0 amide bonds. The molecule has 1 aliphatic rings. The normalized spacial score (nSPS) is 20.3. The van der Waals surface area contributed by atoms with Crippen molar-refractivity contribution in [3.05, 3.63) is 23.8 Å². The molecule has 0 fully saturated rings. The topological polar surface area (TPSA) is 17.1 Å². The van der Waals surface area contributed by atoms with Crippen molar-refractivity contribution in [2.24, 2.45) is 5.41 Å². The van der Waals surface area contributed by atoms with Crippen molar-refractivity contribution in [2.45, 2.75) is 52.9 Å². The summed E-state index contributed by atoms with van der Waals surface area (Å²) in [6, 6.07) is 0. The van der Waals surface area contributed by atoms with E-state index in [2.05, 4.69) is 27.4 Å². The highest BCUT2D eigenvalue weighted by Crippen LogP contribution is 2.39. The predicted octanol–water partition coefficient (Wildman–Crippen LogP) is 4.05. The Balaban J connectivity index is 2.71. The van der Waals surface area contributed by atoms with Crippen LogP contribution >= 0.6 is 0 Å². The Labute approximate surface area is 93.3 Å². The highest BCUT2D eigenvalue weighted by molar-refractivity contribution is 6.05.